The Morgan fingerprint density at radius 3 is 2.17 bits per heavy atom. The predicted octanol–water partition coefficient (Wildman–Crippen LogP) is 1.30. The van der Waals surface area contributed by atoms with Gasteiger partial charge in [-0.3, -0.25) is 0 Å². The SMILES string of the molecule is CCC[O][Fe].Cl. The Bertz CT molecular complexity index is 18.3. The molecule has 0 atom stereocenters. The molecule has 0 aliphatic carbocycles. The Balaban J connectivity index is 0. The molecule has 0 N–H and O–H groups in total. The van der Waals surface area contributed by atoms with Crippen LogP contribution in [-0.4, -0.2) is 6.61 Å². The first kappa shape index (κ1) is 9.91. The van der Waals surface area contributed by atoms with Gasteiger partial charge in [-0.1, -0.05) is 0 Å². The van der Waals surface area contributed by atoms with Crippen molar-refractivity contribution in [1.29, 1.82) is 0 Å². The molecule has 0 amide bonds. The molecule has 0 saturated carbocycles. The fraction of sp³-hybridized carbons (Fsp3) is 1.00. The van der Waals surface area contributed by atoms with Crippen molar-refractivity contribution in [3.05, 3.63) is 0 Å². The summed E-state index contributed by atoms with van der Waals surface area (Å²) in [4.78, 5) is 0. The van der Waals surface area contributed by atoms with Gasteiger partial charge in [-0.05, 0) is 0 Å². The van der Waals surface area contributed by atoms with Crippen molar-refractivity contribution in [3.63, 3.8) is 0 Å². The molecular weight excluding hydrogens is 143 g/mol. The van der Waals surface area contributed by atoms with Crippen LogP contribution in [0.4, 0.5) is 0 Å². The summed E-state index contributed by atoms with van der Waals surface area (Å²) in [5, 5.41) is 0. The van der Waals surface area contributed by atoms with E-state index in [0.29, 0.717) is 0 Å². The van der Waals surface area contributed by atoms with Crippen LogP contribution in [0.25, 0.3) is 0 Å². The van der Waals surface area contributed by atoms with E-state index in [1.54, 1.807) is 0 Å². The van der Waals surface area contributed by atoms with Gasteiger partial charge in [-0.15, -0.1) is 12.4 Å². The van der Waals surface area contributed by atoms with Crippen molar-refractivity contribution < 1.29 is 20.2 Å². The van der Waals surface area contributed by atoms with Gasteiger partial charge in [0.05, 0.1) is 0 Å². The molecule has 0 radical (unpaired) electrons. The third-order valence-corrected chi connectivity index (χ3v) is 0.502. The fourth-order valence-corrected chi connectivity index (χ4v) is 0.298. The standard InChI is InChI=1S/C3H7O.ClH.Fe/c1-2-3-4;;/h2-3H2,1H3;1H;/q-1;;+1. The summed E-state index contributed by atoms with van der Waals surface area (Å²) in [5.41, 5.74) is 0. The first-order valence-corrected chi connectivity index (χ1v) is 2.09. The van der Waals surface area contributed by atoms with Gasteiger partial charge >= 0.3 is 40.1 Å². The summed E-state index contributed by atoms with van der Waals surface area (Å²) in [7, 11) is 0. The van der Waals surface area contributed by atoms with Crippen LogP contribution in [0, 0.1) is 0 Å². The van der Waals surface area contributed by atoms with Crippen LogP contribution in [0.3, 0.4) is 0 Å². The van der Waals surface area contributed by atoms with Crippen molar-refractivity contribution >= 4 is 12.4 Å². The van der Waals surface area contributed by atoms with E-state index in [9.17, 15) is 0 Å². The van der Waals surface area contributed by atoms with E-state index in [2.05, 4.69) is 20.2 Å². The summed E-state index contributed by atoms with van der Waals surface area (Å²) in [5.74, 6) is 0. The second-order valence-electron chi connectivity index (χ2n) is 0.806. The maximum absolute atomic E-state index is 4.44. The molecule has 0 unspecified atom stereocenters. The van der Waals surface area contributed by atoms with Crippen molar-refractivity contribution in [2.45, 2.75) is 13.3 Å². The van der Waals surface area contributed by atoms with E-state index in [-0.39, 0.29) is 12.4 Å². The van der Waals surface area contributed by atoms with Gasteiger partial charge in [0, 0.05) is 0 Å². The molecule has 0 aliphatic heterocycles. The number of halogens is 1. The Morgan fingerprint density at radius 1 is 1.67 bits per heavy atom. The van der Waals surface area contributed by atoms with E-state index in [4.69, 9.17) is 0 Å². The van der Waals surface area contributed by atoms with Crippen molar-refractivity contribution in [3.8, 4) is 0 Å². The minimum Gasteiger partial charge on any atom is -0.147 e. The first-order chi connectivity index (χ1) is 2.41. The number of hydrogen-bond acceptors (Lipinski definition) is 1. The fourth-order valence-electron chi connectivity index (χ4n) is 0.0722. The van der Waals surface area contributed by atoms with E-state index in [1.807, 2.05) is 6.92 Å². The number of rotatable bonds is 2. The molecular formula is C3H8ClFeO. The molecule has 0 aliphatic rings. The summed E-state index contributed by atoms with van der Waals surface area (Å²) in [6, 6.07) is 0. The van der Waals surface area contributed by atoms with Crippen LogP contribution >= 0.6 is 12.4 Å². The average Bonchev–Trinajstić information content (AvgIpc) is 1.41. The summed E-state index contributed by atoms with van der Waals surface area (Å²) in [6.45, 7) is 2.82. The second kappa shape index (κ2) is 9.24. The average molecular weight is 151 g/mol. The third kappa shape index (κ3) is 8.84. The molecule has 0 aromatic heterocycles. The molecule has 0 saturated heterocycles. The van der Waals surface area contributed by atoms with E-state index in [0.717, 1.165) is 13.0 Å². The largest absolute Gasteiger partial charge is 0.147 e. The zero-order valence-electron chi connectivity index (χ0n) is 3.58. The first-order valence-electron chi connectivity index (χ1n) is 1.64. The summed E-state index contributed by atoms with van der Waals surface area (Å²) >= 11 is 3.18. The van der Waals surface area contributed by atoms with E-state index >= 15 is 0 Å². The summed E-state index contributed by atoms with van der Waals surface area (Å²) in [6.07, 6.45) is 1.06. The maximum atomic E-state index is 4.44. The van der Waals surface area contributed by atoms with Crippen LogP contribution in [0.1, 0.15) is 13.3 Å². The molecule has 3 heteroatoms. The predicted molar refractivity (Wildman–Crippen MR) is 23.5 cm³/mol. The molecule has 41 valence electrons. The van der Waals surface area contributed by atoms with E-state index < -0.39 is 0 Å². The van der Waals surface area contributed by atoms with Crippen LogP contribution in [0.5, 0.6) is 0 Å². The number of hydrogen-bond donors (Lipinski definition) is 0. The molecule has 0 fully saturated rings. The van der Waals surface area contributed by atoms with Crippen molar-refractivity contribution in [2.75, 3.05) is 6.61 Å². The Kier molecular flexibility index (Phi) is 15.2. The molecule has 0 heterocycles. The summed E-state index contributed by atoms with van der Waals surface area (Å²) < 4.78 is 4.44. The van der Waals surface area contributed by atoms with Gasteiger partial charge in [0.25, 0.3) is 0 Å². The van der Waals surface area contributed by atoms with Gasteiger partial charge < -0.3 is 0 Å². The van der Waals surface area contributed by atoms with Gasteiger partial charge in [0.2, 0.25) is 0 Å². The van der Waals surface area contributed by atoms with Crippen molar-refractivity contribution in [2.24, 2.45) is 0 Å². The molecule has 0 aromatic carbocycles. The Hall–Kier alpha value is 0.769. The monoisotopic (exact) mass is 151 g/mol. The molecule has 0 rings (SSSR count). The Morgan fingerprint density at radius 2 is 2.17 bits per heavy atom. The molecule has 0 bridgehead atoms. The van der Waals surface area contributed by atoms with Gasteiger partial charge in [-0.25, -0.2) is 0 Å². The topological polar surface area (TPSA) is 9.23 Å². The van der Waals surface area contributed by atoms with Gasteiger partial charge in [0.1, 0.15) is 0 Å². The van der Waals surface area contributed by atoms with Crippen molar-refractivity contribution in [1.82, 2.24) is 0 Å². The maximum Gasteiger partial charge on any atom is -0.147 e. The van der Waals surface area contributed by atoms with Gasteiger partial charge in [0.15, 0.2) is 0 Å². The molecule has 0 aromatic rings. The quantitative estimate of drug-likeness (QED) is 0.541. The zero-order chi connectivity index (χ0) is 4.12. The second-order valence-corrected chi connectivity index (χ2v) is 1.12. The zero-order valence-corrected chi connectivity index (χ0v) is 5.50. The van der Waals surface area contributed by atoms with E-state index in [1.165, 1.54) is 0 Å². The third-order valence-electron chi connectivity index (χ3n) is 0.276. The molecule has 1 nitrogen and oxygen atoms in total. The van der Waals surface area contributed by atoms with Crippen LogP contribution in [0.2, 0.25) is 0 Å². The van der Waals surface area contributed by atoms with Crippen LogP contribution in [0.15, 0.2) is 0 Å². The molecule has 6 heavy (non-hydrogen) atoms. The minimum atomic E-state index is 0. The minimum absolute atomic E-state index is 0. The molecule has 0 spiro atoms. The smallest absolute Gasteiger partial charge is 0.147 e. The van der Waals surface area contributed by atoms with Crippen LogP contribution in [-0.2, 0) is 20.2 Å². The normalized spacial score (nSPS) is 7.00. The Labute approximate surface area is 53.0 Å². The van der Waals surface area contributed by atoms with Crippen LogP contribution < -0.4 is 0 Å². The van der Waals surface area contributed by atoms with Gasteiger partial charge in [-0.2, -0.15) is 0 Å².